The lowest BCUT2D eigenvalue weighted by Gasteiger charge is -2.09. The van der Waals surface area contributed by atoms with Crippen molar-refractivity contribution < 1.29 is 14.3 Å². The van der Waals surface area contributed by atoms with Gasteiger partial charge in [-0.1, -0.05) is 29.8 Å². The summed E-state index contributed by atoms with van der Waals surface area (Å²) in [4.78, 5) is 12.3. The zero-order valence-corrected chi connectivity index (χ0v) is 13.8. The molecule has 3 aromatic rings. The summed E-state index contributed by atoms with van der Waals surface area (Å²) in [5, 5.41) is 12.4. The molecule has 1 aromatic heterocycles. The summed E-state index contributed by atoms with van der Waals surface area (Å²) >= 11 is 6.30. The molecule has 1 heterocycles. The standard InChI is InChI=1S/C19H16ClNO3/c1-12-4-2-3-5-15(12)19(23)21-13-6-8-16(17(20)10-13)18-9-7-14(11-22)24-18/h2-10,22H,11H2,1H3,(H,21,23). The van der Waals surface area contributed by atoms with E-state index in [-0.39, 0.29) is 12.5 Å². The fraction of sp³-hybridized carbons (Fsp3) is 0.105. The van der Waals surface area contributed by atoms with Gasteiger partial charge in [0.05, 0.1) is 5.02 Å². The first-order valence-electron chi connectivity index (χ1n) is 7.45. The van der Waals surface area contributed by atoms with Crippen molar-refractivity contribution in [3.05, 3.63) is 76.5 Å². The van der Waals surface area contributed by atoms with Crippen molar-refractivity contribution in [1.29, 1.82) is 0 Å². The summed E-state index contributed by atoms with van der Waals surface area (Å²) < 4.78 is 5.48. The van der Waals surface area contributed by atoms with E-state index in [0.29, 0.717) is 33.4 Å². The largest absolute Gasteiger partial charge is 0.459 e. The number of furan rings is 1. The van der Waals surface area contributed by atoms with E-state index >= 15 is 0 Å². The van der Waals surface area contributed by atoms with Crippen LogP contribution in [-0.4, -0.2) is 11.0 Å². The number of aliphatic hydroxyl groups is 1. The number of rotatable bonds is 4. The highest BCUT2D eigenvalue weighted by molar-refractivity contribution is 6.33. The summed E-state index contributed by atoms with van der Waals surface area (Å²) in [6.45, 7) is 1.73. The van der Waals surface area contributed by atoms with Gasteiger partial charge in [0.1, 0.15) is 18.1 Å². The molecule has 5 heteroatoms. The Kier molecular flexibility index (Phi) is 4.69. The van der Waals surface area contributed by atoms with Crippen molar-refractivity contribution in [2.24, 2.45) is 0 Å². The second kappa shape index (κ2) is 6.91. The summed E-state index contributed by atoms with van der Waals surface area (Å²) in [7, 11) is 0. The van der Waals surface area contributed by atoms with E-state index in [2.05, 4.69) is 5.32 Å². The quantitative estimate of drug-likeness (QED) is 0.725. The maximum atomic E-state index is 12.3. The Balaban J connectivity index is 1.82. The summed E-state index contributed by atoms with van der Waals surface area (Å²) in [5.74, 6) is 0.858. The minimum Gasteiger partial charge on any atom is -0.459 e. The van der Waals surface area contributed by atoms with Gasteiger partial charge in [0.25, 0.3) is 5.91 Å². The topological polar surface area (TPSA) is 62.5 Å². The first-order valence-corrected chi connectivity index (χ1v) is 7.83. The average Bonchev–Trinajstić information content (AvgIpc) is 3.04. The Morgan fingerprint density at radius 1 is 1.17 bits per heavy atom. The molecule has 1 amide bonds. The molecule has 4 nitrogen and oxygen atoms in total. The van der Waals surface area contributed by atoms with Gasteiger partial charge < -0.3 is 14.8 Å². The number of hydrogen-bond acceptors (Lipinski definition) is 3. The lowest BCUT2D eigenvalue weighted by atomic mass is 10.1. The van der Waals surface area contributed by atoms with Crippen molar-refractivity contribution in [3.63, 3.8) is 0 Å². The summed E-state index contributed by atoms with van der Waals surface area (Å²) in [6, 6.07) is 16.0. The van der Waals surface area contributed by atoms with Gasteiger partial charge in [-0.05, 0) is 48.9 Å². The fourth-order valence-electron chi connectivity index (χ4n) is 2.43. The lowest BCUT2D eigenvalue weighted by molar-refractivity contribution is 0.102. The molecular formula is C19H16ClNO3. The van der Waals surface area contributed by atoms with Crippen LogP contribution in [0.1, 0.15) is 21.7 Å². The first kappa shape index (κ1) is 16.3. The number of hydrogen-bond donors (Lipinski definition) is 2. The van der Waals surface area contributed by atoms with Gasteiger partial charge in [-0.25, -0.2) is 0 Å². The Morgan fingerprint density at radius 3 is 2.62 bits per heavy atom. The third kappa shape index (κ3) is 3.35. The van der Waals surface area contributed by atoms with E-state index in [1.165, 1.54) is 0 Å². The molecule has 0 aliphatic carbocycles. The lowest BCUT2D eigenvalue weighted by Crippen LogP contribution is -2.13. The number of nitrogens with one attached hydrogen (secondary N) is 1. The Hall–Kier alpha value is -2.56. The van der Waals surface area contributed by atoms with Gasteiger partial charge in [-0.2, -0.15) is 0 Å². The molecule has 0 aliphatic rings. The van der Waals surface area contributed by atoms with Gasteiger partial charge in [0.2, 0.25) is 0 Å². The summed E-state index contributed by atoms with van der Waals surface area (Å²) in [6.07, 6.45) is 0. The number of benzene rings is 2. The fourth-order valence-corrected chi connectivity index (χ4v) is 2.70. The predicted molar refractivity (Wildman–Crippen MR) is 94.2 cm³/mol. The van der Waals surface area contributed by atoms with E-state index in [4.69, 9.17) is 21.1 Å². The van der Waals surface area contributed by atoms with Gasteiger partial charge >= 0.3 is 0 Å². The second-order valence-corrected chi connectivity index (χ2v) is 5.79. The van der Waals surface area contributed by atoms with Crippen LogP contribution in [0.3, 0.4) is 0 Å². The molecule has 0 radical (unpaired) electrons. The third-order valence-electron chi connectivity index (χ3n) is 3.70. The predicted octanol–water partition coefficient (Wildman–Crippen LogP) is 4.65. The number of aliphatic hydroxyl groups excluding tert-OH is 1. The maximum absolute atomic E-state index is 12.3. The molecule has 0 saturated heterocycles. The number of carbonyl (C=O) groups excluding carboxylic acids is 1. The molecule has 0 atom stereocenters. The van der Waals surface area contributed by atoms with Crippen LogP contribution in [0.2, 0.25) is 5.02 Å². The minimum absolute atomic E-state index is 0.164. The Bertz CT molecular complexity index is 886. The van der Waals surface area contributed by atoms with E-state index in [1.54, 1.807) is 36.4 Å². The number of amides is 1. The molecule has 2 N–H and O–H groups in total. The molecule has 0 saturated carbocycles. The van der Waals surface area contributed by atoms with Gasteiger partial charge in [-0.15, -0.1) is 0 Å². The van der Waals surface area contributed by atoms with Crippen LogP contribution in [0, 0.1) is 6.92 Å². The number of anilines is 1. The zero-order valence-electron chi connectivity index (χ0n) is 13.0. The van der Waals surface area contributed by atoms with Crippen molar-refractivity contribution >= 4 is 23.2 Å². The van der Waals surface area contributed by atoms with E-state index in [9.17, 15) is 4.79 Å². The highest BCUT2D eigenvalue weighted by Gasteiger charge is 2.12. The normalized spacial score (nSPS) is 10.6. The van der Waals surface area contributed by atoms with Crippen molar-refractivity contribution in [1.82, 2.24) is 0 Å². The molecule has 122 valence electrons. The van der Waals surface area contributed by atoms with E-state index in [1.807, 2.05) is 25.1 Å². The van der Waals surface area contributed by atoms with Crippen LogP contribution in [0.5, 0.6) is 0 Å². The number of halogens is 1. The molecular weight excluding hydrogens is 326 g/mol. The van der Waals surface area contributed by atoms with Crippen molar-refractivity contribution in [2.45, 2.75) is 13.5 Å². The molecule has 0 unspecified atom stereocenters. The monoisotopic (exact) mass is 341 g/mol. The van der Waals surface area contributed by atoms with Crippen LogP contribution in [0.4, 0.5) is 5.69 Å². The maximum Gasteiger partial charge on any atom is 0.255 e. The van der Waals surface area contributed by atoms with Crippen molar-refractivity contribution in [3.8, 4) is 11.3 Å². The Morgan fingerprint density at radius 2 is 1.96 bits per heavy atom. The second-order valence-electron chi connectivity index (χ2n) is 5.39. The SMILES string of the molecule is Cc1ccccc1C(=O)Nc1ccc(-c2ccc(CO)o2)c(Cl)c1. The van der Waals surface area contributed by atoms with Crippen LogP contribution in [-0.2, 0) is 6.61 Å². The molecule has 0 aliphatic heterocycles. The molecule has 2 aromatic carbocycles. The molecule has 3 rings (SSSR count). The minimum atomic E-state index is -0.183. The van der Waals surface area contributed by atoms with Crippen LogP contribution in [0.25, 0.3) is 11.3 Å². The first-order chi connectivity index (χ1) is 11.6. The average molecular weight is 342 g/mol. The van der Waals surface area contributed by atoms with Crippen molar-refractivity contribution in [2.75, 3.05) is 5.32 Å². The molecule has 0 spiro atoms. The van der Waals surface area contributed by atoms with Crippen LogP contribution in [0.15, 0.2) is 59.0 Å². The van der Waals surface area contributed by atoms with Crippen LogP contribution >= 0.6 is 11.6 Å². The number of aryl methyl sites for hydroxylation is 1. The van der Waals surface area contributed by atoms with E-state index < -0.39 is 0 Å². The van der Waals surface area contributed by atoms with Gasteiger partial charge in [0, 0.05) is 16.8 Å². The van der Waals surface area contributed by atoms with E-state index in [0.717, 1.165) is 5.56 Å². The van der Waals surface area contributed by atoms with Gasteiger partial charge in [0.15, 0.2) is 0 Å². The molecule has 0 bridgehead atoms. The highest BCUT2D eigenvalue weighted by atomic mass is 35.5. The van der Waals surface area contributed by atoms with Gasteiger partial charge in [-0.3, -0.25) is 4.79 Å². The highest BCUT2D eigenvalue weighted by Crippen LogP contribution is 2.31. The third-order valence-corrected chi connectivity index (χ3v) is 4.01. The molecule has 0 fully saturated rings. The smallest absolute Gasteiger partial charge is 0.255 e. The molecule has 24 heavy (non-hydrogen) atoms. The van der Waals surface area contributed by atoms with Crippen LogP contribution < -0.4 is 5.32 Å². The Labute approximate surface area is 144 Å². The number of carbonyl (C=O) groups is 1. The zero-order chi connectivity index (χ0) is 17.1. The summed E-state index contributed by atoms with van der Waals surface area (Å²) in [5.41, 5.74) is 2.83.